The van der Waals surface area contributed by atoms with Crippen LogP contribution < -0.4 is 0 Å². The summed E-state index contributed by atoms with van der Waals surface area (Å²) < 4.78 is 1.80. The fourth-order valence-electron chi connectivity index (χ4n) is 0.320. The second-order valence-corrected chi connectivity index (χ2v) is 1.90. The van der Waals surface area contributed by atoms with Crippen LogP contribution in [0.15, 0.2) is 11.7 Å². The van der Waals surface area contributed by atoms with E-state index in [1.54, 1.807) is 16.4 Å². The Morgan fingerprint density at radius 3 is 2.62 bits per heavy atom. The van der Waals surface area contributed by atoms with Crippen LogP contribution in [0.4, 0.5) is 0 Å². The van der Waals surface area contributed by atoms with Gasteiger partial charge in [0.15, 0.2) is 0 Å². The molecule has 0 aliphatic heterocycles. The van der Waals surface area contributed by atoms with Crippen molar-refractivity contribution in [1.82, 2.24) is 4.41 Å². The number of hydrogen-bond acceptors (Lipinski definition) is 3. The average molecular weight is 130 g/mol. The first-order valence-electron chi connectivity index (χ1n) is 2.39. The highest BCUT2D eigenvalue weighted by Gasteiger charge is 1.87. The van der Waals surface area contributed by atoms with E-state index in [9.17, 15) is 0 Å². The quantitative estimate of drug-likeness (QED) is 0.325. The highest BCUT2D eigenvalue weighted by Crippen LogP contribution is 2.01. The molecule has 0 saturated carbocycles. The zero-order valence-corrected chi connectivity index (χ0v) is 6.03. The Morgan fingerprint density at radius 1 is 1.88 bits per heavy atom. The maximum absolute atomic E-state index is 3.80. The Kier molecular flexibility index (Phi) is 4.51. The fourth-order valence-corrected chi connectivity index (χ4v) is 0.717. The molecular formula is C5H10N2S. The molecule has 0 N–H and O–H groups in total. The zero-order chi connectivity index (χ0) is 6.41. The molecule has 0 saturated heterocycles. The van der Waals surface area contributed by atoms with Crippen LogP contribution in [0.25, 0.3) is 0 Å². The van der Waals surface area contributed by atoms with Gasteiger partial charge in [-0.15, -0.1) is 5.10 Å². The van der Waals surface area contributed by atoms with Crippen molar-refractivity contribution in [1.29, 1.82) is 0 Å². The largest absolute Gasteiger partial charge is 0.232 e. The Morgan fingerprint density at radius 2 is 2.50 bits per heavy atom. The van der Waals surface area contributed by atoms with Gasteiger partial charge < -0.3 is 0 Å². The molecule has 3 heteroatoms. The summed E-state index contributed by atoms with van der Waals surface area (Å²) in [5.74, 6) is 2.45. The highest BCUT2D eigenvalue weighted by atomic mass is 32.2. The summed E-state index contributed by atoms with van der Waals surface area (Å²) in [5, 5.41) is 3.80. The summed E-state index contributed by atoms with van der Waals surface area (Å²) in [5.41, 5.74) is 0. The van der Waals surface area contributed by atoms with Gasteiger partial charge in [-0.25, -0.2) is 4.41 Å². The molecule has 0 aromatic rings. The van der Waals surface area contributed by atoms with E-state index in [1.165, 1.54) is 0 Å². The van der Waals surface area contributed by atoms with Crippen molar-refractivity contribution in [3.63, 3.8) is 0 Å². The molecule has 0 unspecified atom stereocenters. The van der Waals surface area contributed by atoms with Crippen LogP contribution >= 0.6 is 11.9 Å². The number of hydrazone groups is 1. The van der Waals surface area contributed by atoms with Crippen molar-refractivity contribution in [2.45, 2.75) is 6.92 Å². The molecule has 46 valence electrons. The lowest BCUT2D eigenvalue weighted by Crippen LogP contribution is -2.04. The topological polar surface area (TPSA) is 15.6 Å². The molecule has 0 fully saturated rings. The van der Waals surface area contributed by atoms with Gasteiger partial charge in [-0.1, -0.05) is 0 Å². The van der Waals surface area contributed by atoms with Gasteiger partial charge in [0.05, 0.1) is 0 Å². The molecule has 0 atom stereocenters. The van der Waals surface area contributed by atoms with Crippen LogP contribution in [0.2, 0.25) is 0 Å². The molecule has 0 aliphatic carbocycles. The lowest BCUT2D eigenvalue weighted by atomic mass is 10.8. The third-order valence-electron chi connectivity index (χ3n) is 0.664. The third kappa shape index (κ3) is 2.72. The summed E-state index contributed by atoms with van der Waals surface area (Å²) in [6.45, 7) is 6.27. The Bertz CT molecular complexity index is 92.6. The van der Waals surface area contributed by atoms with Gasteiger partial charge in [-0.05, 0) is 25.5 Å². The van der Waals surface area contributed by atoms with Crippen LogP contribution in [0.3, 0.4) is 0 Å². The summed E-state index contributed by atoms with van der Waals surface area (Å²) in [6, 6.07) is 0. The lowest BCUT2D eigenvalue weighted by Gasteiger charge is -2.08. The molecule has 0 heterocycles. The summed E-state index contributed by atoms with van der Waals surface area (Å²) in [4.78, 5) is 0. The van der Waals surface area contributed by atoms with E-state index in [4.69, 9.17) is 0 Å². The molecule has 0 aromatic carbocycles. The first-order chi connectivity index (χ1) is 3.85. The van der Waals surface area contributed by atoms with Crippen LogP contribution in [-0.4, -0.2) is 23.1 Å². The first-order valence-corrected chi connectivity index (χ1v) is 3.57. The van der Waals surface area contributed by atoms with E-state index < -0.39 is 0 Å². The van der Waals surface area contributed by atoms with Crippen LogP contribution in [0, 0.1) is 0 Å². The van der Waals surface area contributed by atoms with Gasteiger partial charge >= 0.3 is 0 Å². The van der Waals surface area contributed by atoms with Crippen LogP contribution in [-0.2, 0) is 0 Å². The third-order valence-corrected chi connectivity index (χ3v) is 1.42. The van der Waals surface area contributed by atoms with E-state index in [1.807, 2.05) is 13.2 Å². The minimum absolute atomic E-state index is 0.893. The summed E-state index contributed by atoms with van der Waals surface area (Å²) in [6.07, 6.45) is 1.96. The van der Waals surface area contributed by atoms with E-state index >= 15 is 0 Å². The molecule has 0 rings (SSSR count). The second-order valence-electron chi connectivity index (χ2n) is 1.11. The minimum Gasteiger partial charge on any atom is -0.232 e. The van der Waals surface area contributed by atoms with Crippen LogP contribution in [0.1, 0.15) is 6.92 Å². The van der Waals surface area contributed by atoms with Crippen LogP contribution in [0.5, 0.6) is 0 Å². The zero-order valence-electron chi connectivity index (χ0n) is 5.22. The van der Waals surface area contributed by atoms with Gasteiger partial charge in [0.2, 0.25) is 0 Å². The van der Waals surface area contributed by atoms with Crippen molar-refractivity contribution in [2.24, 2.45) is 5.10 Å². The molecule has 0 spiro atoms. The van der Waals surface area contributed by atoms with Gasteiger partial charge in [0, 0.05) is 18.7 Å². The fraction of sp³-hybridized carbons (Fsp3) is 0.600. The van der Waals surface area contributed by atoms with Crippen molar-refractivity contribution < 1.29 is 0 Å². The van der Waals surface area contributed by atoms with Crippen molar-refractivity contribution in [3.8, 4) is 0 Å². The Balaban J connectivity index is 3.52. The normalized spacial score (nSPS) is 7.75. The van der Waals surface area contributed by atoms with Gasteiger partial charge in [-0.3, -0.25) is 0 Å². The smallest absolute Gasteiger partial charge is 0.0460 e. The van der Waals surface area contributed by atoms with Gasteiger partial charge in [-0.2, -0.15) is 0 Å². The molecule has 0 bridgehead atoms. The first kappa shape index (κ1) is 7.60. The van der Waals surface area contributed by atoms with E-state index in [2.05, 4.69) is 17.6 Å². The predicted octanol–water partition coefficient (Wildman–Crippen LogP) is 1.36. The molecule has 0 amide bonds. The lowest BCUT2D eigenvalue weighted by molar-refractivity contribution is 0.539. The van der Waals surface area contributed by atoms with E-state index in [0.717, 1.165) is 6.54 Å². The highest BCUT2D eigenvalue weighted by molar-refractivity contribution is 7.96. The average Bonchev–Trinajstić information content (AvgIpc) is 1.83. The number of nitrogens with zero attached hydrogens (tertiary/aromatic N) is 2. The Hall–Kier alpha value is -0.400. The van der Waals surface area contributed by atoms with Crippen molar-refractivity contribution >= 4 is 17.8 Å². The number of rotatable bonds is 3. The maximum Gasteiger partial charge on any atom is 0.0460 e. The predicted molar refractivity (Wildman–Crippen MR) is 39.0 cm³/mol. The number of hydrogen-bond donors (Lipinski definition) is 0. The second kappa shape index (κ2) is 4.75. The molecule has 0 aromatic heterocycles. The summed E-state index contributed by atoms with van der Waals surface area (Å²) in [7, 11) is 0. The van der Waals surface area contributed by atoms with E-state index in [-0.39, 0.29) is 0 Å². The molecular weight excluding hydrogens is 120 g/mol. The van der Waals surface area contributed by atoms with Gasteiger partial charge in [0.25, 0.3) is 0 Å². The van der Waals surface area contributed by atoms with Crippen molar-refractivity contribution in [3.05, 3.63) is 6.58 Å². The summed E-state index contributed by atoms with van der Waals surface area (Å²) >= 11 is 1.56. The SMILES string of the molecule is C=C=NN(CC)SC. The van der Waals surface area contributed by atoms with Crippen molar-refractivity contribution in [2.75, 3.05) is 12.8 Å². The molecule has 8 heavy (non-hydrogen) atoms. The monoisotopic (exact) mass is 130 g/mol. The molecule has 2 nitrogen and oxygen atoms in total. The Labute approximate surface area is 54.4 Å². The standard InChI is InChI=1S/C5H10N2S/c1-4-6-7(5-2)8-3/h1,5H2,2-3H3. The minimum atomic E-state index is 0.893. The maximum atomic E-state index is 3.80. The molecule has 0 radical (unpaired) electrons. The molecule has 0 aliphatic rings. The van der Waals surface area contributed by atoms with E-state index in [0.29, 0.717) is 0 Å². The van der Waals surface area contributed by atoms with Gasteiger partial charge in [0.1, 0.15) is 0 Å².